The van der Waals surface area contributed by atoms with Crippen LogP contribution in [0.4, 0.5) is 8.78 Å². The Labute approximate surface area is 139 Å². The first-order chi connectivity index (χ1) is 11.6. The highest BCUT2D eigenvalue weighted by atomic mass is 19.1. The minimum Gasteiger partial charge on any atom is -0.373 e. The summed E-state index contributed by atoms with van der Waals surface area (Å²) < 4.78 is 32.9. The topological polar surface area (TPSA) is 45.3 Å². The summed E-state index contributed by atoms with van der Waals surface area (Å²) in [5, 5.41) is 0. The largest absolute Gasteiger partial charge is 0.373 e. The molecule has 128 valence electrons. The predicted octanol–water partition coefficient (Wildman–Crippen LogP) is 2.83. The zero-order chi connectivity index (χ0) is 16.9. The summed E-state index contributed by atoms with van der Waals surface area (Å²) in [6, 6.07) is 7.46. The summed E-state index contributed by atoms with van der Waals surface area (Å²) in [6.07, 6.45) is 3.16. The van der Waals surface area contributed by atoms with Gasteiger partial charge in [0.2, 0.25) is 0 Å². The molecule has 1 aromatic heterocycles. The van der Waals surface area contributed by atoms with Crippen LogP contribution in [0.15, 0.2) is 41.3 Å². The average Bonchev–Trinajstić information content (AvgIpc) is 2.58. The van der Waals surface area contributed by atoms with Crippen LogP contribution in [0.3, 0.4) is 0 Å². The molecule has 4 nitrogen and oxygen atoms in total. The van der Waals surface area contributed by atoms with E-state index in [-0.39, 0.29) is 23.8 Å². The van der Waals surface area contributed by atoms with Crippen LogP contribution < -0.4 is 5.56 Å². The van der Waals surface area contributed by atoms with E-state index in [4.69, 9.17) is 4.74 Å². The number of nitrogens with one attached hydrogen (secondary N) is 1. The van der Waals surface area contributed by atoms with Gasteiger partial charge in [0.05, 0.1) is 12.7 Å². The minimum atomic E-state index is -0.573. The molecule has 0 aliphatic carbocycles. The van der Waals surface area contributed by atoms with Crippen LogP contribution >= 0.6 is 0 Å². The van der Waals surface area contributed by atoms with Crippen molar-refractivity contribution >= 4 is 0 Å². The van der Waals surface area contributed by atoms with Gasteiger partial charge in [0, 0.05) is 37.0 Å². The fraction of sp³-hybridized carbons (Fsp3) is 0.389. The maximum atomic E-state index is 13.6. The van der Waals surface area contributed by atoms with E-state index in [1.807, 2.05) is 12.1 Å². The van der Waals surface area contributed by atoms with Crippen molar-refractivity contribution in [1.29, 1.82) is 0 Å². The Bertz CT molecular complexity index is 720. The Balaban J connectivity index is 1.49. The molecule has 0 unspecified atom stereocenters. The summed E-state index contributed by atoms with van der Waals surface area (Å²) in [6.45, 7) is 2.13. The van der Waals surface area contributed by atoms with Crippen molar-refractivity contribution < 1.29 is 13.5 Å². The van der Waals surface area contributed by atoms with E-state index < -0.39 is 11.6 Å². The molecule has 24 heavy (non-hydrogen) atoms. The smallest absolute Gasteiger partial charge is 0.252 e. The second-order valence-corrected chi connectivity index (χ2v) is 6.01. The third-order valence-electron chi connectivity index (χ3n) is 4.35. The number of nitrogens with zero attached hydrogens (tertiary/aromatic N) is 1. The second kappa shape index (κ2) is 7.68. The van der Waals surface area contributed by atoms with E-state index in [0.717, 1.165) is 31.5 Å². The summed E-state index contributed by atoms with van der Waals surface area (Å²) >= 11 is 0. The molecule has 2 heterocycles. The first-order valence-electron chi connectivity index (χ1n) is 8.07. The highest BCUT2D eigenvalue weighted by Crippen LogP contribution is 2.19. The van der Waals surface area contributed by atoms with Gasteiger partial charge in [-0.15, -0.1) is 0 Å². The van der Waals surface area contributed by atoms with E-state index in [0.29, 0.717) is 6.54 Å². The lowest BCUT2D eigenvalue weighted by Crippen LogP contribution is -2.37. The summed E-state index contributed by atoms with van der Waals surface area (Å²) in [5.74, 6) is -1.15. The van der Waals surface area contributed by atoms with Crippen LogP contribution in [0.1, 0.15) is 24.0 Å². The van der Waals surface area contributed by atoms with E-state index in [1.165, 1.54) is 18.2 Å². The Morgan fingerprint density at radius 3 is 2.50 bits per heavy atom. The Morgan fingerprint density at radius 2 is 1.83 bits per heavy atom. The number of likely N-dealkylation sites (tertiary alicyclic amines) is 1. The lowest BCUT2D eigenvalue weighted by atomic mass is 10.1. The first kappa shape index (κ1) is 16.8. The summed E-state index contributed by atoms with van der Waals surface area (Å²) in [7, 11) is 0. The minimum absolute atomic E-state index is 0.0178. The molecule has 2 aromatic rings. The van der Waals surface area contributed by atoms with Crippen LogP contribution in [-0.2, 0) is 17.9 Å². The van der Waals surface area contributed by atoms with E-state index in [1.54, 1.807) is 6.20 Å². The van der Waals surface area contributed by atoms with Crippen LogP contribution in [0, 0.1) is 11.6 Å². The average molecular weight is 334 g/mol. The Morgan fingerprint density at radius 1 is 1.12 bits per heavy atom. The van der Waals surface area contributed by atoms with Gasteiger partial charge < -0.3 is 9.72 Å². The molecule has 1 fully saturated rings. The molecule has 1 aromatic carbocycles. The van der Waals surface area contributed by atoms with Crippen molar-refractivity contribution in [2.24, 2.45) is 0 Å². The molecule has 1 saturated heterocycles. The number of piperidine rings is 1. The lowest BCUT2D eigenvalue weighted by Gasteiger charge is -2.31. The SMILES string of the molecule is O=c1[nH]cccc1CN1CCC(OCc2c(F)cccc2F)CC1. The third-order valence-corrected chi connectivity index (χ3v) is 4.35. The van der Waals surface area contributed by atoms with Crippen molar-refractivity contribution in [1.82, 2.24) is 9.88 Å². The molecule has 3 rings (SSSR count). The molecule has 0 radical (unpaired) electrons. The number of halogens is 2. The molecule has 0 spiro atoms. The van der Waals surface area contributed by atoms with E-state index in [2.05, 4.69) is 9.88 Å². The van der Waals surface area contributed by atoms with E-state index >= 15 is 0 Å². The van der Waals surface area contributed by atoms with Crippen LogP contribution in [-0.4, -0.2) is 29.1 Å². The molecular formula is C18H20F2N2O2. The number of rotatable bonds is 5. The maximum absolute atomic E-state index is 13.6. The maximum Gasteiger partial charge on any atom is 0.252 e. The molecule has 0 atom stereocenters. The molecule has 1 aliphatic rings. The molecule has 0 saturated carbocycles. The number of aromatic amines is 1. The zero-order valence-electron chi connectivity index (χ0n) is 13.3. The van der Waals surface area contributed by atoms with Crippen molar-refractivity contribution in [3.05, 3.63) is 69.6 Å². The lowest BCUT2D eigenvalue weighted by molar-refractivity contribution is -0.00607. The normalized spacial score (nSPS) is 16.4. The van der Waals surface area contributed by atoms with Crippen LogP contribution in [0.25, 0.3) is 0 Å². The zero-order valence-corrected chi connectivity index (χ0v) is 13.3. The van der Waals surface area contributed by atoms with Gasteiger partial charge in [-0.3, -0.25) is 9.69 Å². The van der Waals surface area contributed by atoms with Crippen molar-refractivity contribution in [2.75, 3.05) is 13.1 Å². The van der Waals surface area contributed by atoms with Gasteiger partial charge in [0.25, 0.3) is 5.56 Å². The molecule has 1 N–H and O–H groups in total. The molecule has 0 bridgehead atoms. The fourth-order valence-electron chi connectivity index (χ4n) is 2.93. The number of ether oxygens (including phenoxy) is 1. The van der Waals surface area contributed by atoms with Crippen LogP contribution in [0.2, 0.25) is 0 Å². The van der Waals surface area contributed by atoms with Gasteiger partial charge in [-0.2, -0.15) is 0 Å². The monoisotopic (exact) mass is 334 g/mol. The van der Waals surface area contributed by atoms with Crippen molar-refractivity contribution in [3.63, 3.8) is 0 Å². The van der Waals surface area contributed by atoms with Crippen LogP contribution in [0.5, 0.6) is 0 Å². The van der Waals surface area contributed by atoms with Gasteiger partial charge in [-0.05, 0) is 31.0 Å². The number of pyridine rings is 1. The third kappa shape index (κ3) is 4.07. The van der Waals surface area contributed by atoms with E-state index in [9.17, 15) is 13.6 Å². The fourth-order valence-corrected chi connectivity index (χ4v) is 2.93. The van der Waals surface area contributed by atoms with Crippen molar-refractivity contribution in [3.8, 4) is 0 Å². The van der Waals surface area contributed by atoms with Crippen molar-refractivity contribution in [2.45, 2.75) is 32.1 Å². The second-order valence-electron chi connectivity index (χ2n) is 6.01. The number of aromatic nitrogens is 1. The molecule has 0 amide bonds. The van der Waals surface area contributed by atoms with Gasteiger partial charge >= 0.3 is 0 Å². The number of benzene rings is 1. The number of hydrogen-bond donors (Lipinski definition) is 1. The van der Waals surface area contributed by atoms with Gasteiger partial charge in [0.15, 0.2) is 0 Å². The number of H-pyrrole nitrogens is 1. The van der Waals surface area contributed by atoms with Gasteiger partial charge in [0.1, 0.15) is 11.6 Å². The first-order valence-corrected chi connectivity index (χ1v) is 8.07. The van der Waals surface area contributed by atoms with Gasteiger partial charge in [-0.25, -0.2) is 8.78 Å². The quantitative estimate of drug-likeness (QED) is 0.914. The summed E-state index contributed by atoms with van der Waals surface area (Å²) in [5.41, 5.74) is 0.659. The Kier molecular flexibility index (Phi) is 5.37. The molecular weight excluding hydrogens is 314 g/mol. The van der Waals surface area contributed by atoms with Gasteiger partial charge in [-0.1, -0.05) is 12.1 Å². The highest BCUT2D eigenvalue weighted by Gasteiger charge is 2.21. The Hall–Kier alpha value is -2.05. The summed E-state index contributed by atoms with van der Waals surface area (Å²) in [4.78, 5) is 16.6. The molecule has 6 heteroatoms. The standard InChI is InChI=1S/C18H20F2N2O2/c19-16-4-1-5-17(20)15(16)12-24-14-6-9-22(10-7-14)11-13-3-2-8-21-18(13)23/h1-5,8,14H,6-7,9-12H2,(H,21,23). The molecule has 1 aliphatic heterocycles. The predicted molar refractivity (Wildman–Crippen MR) is 86.5 cm³/mol. The number of hydrogen-bond acceptors (Lipinski definition) is 3. The highest BCUT2D eigenvalue weighted by molar-refractivity contribution is 5.18.